The lowest BCUT2D eigenvalue weighted by molar-refractivity contribution is -0.0251. The summed E-state index contributed by atoms with van der Waals surface area (Å²) in [7, 11) is 0. The molecule has 2 fully saturated rings. The van der Waals surface area contributed by atoms with Crippen LogP contribution in [-0.4, -0.2) is 82.1 Å². The minimum absolute atomic E-state index is 0.0754. The molecule has 1 aromatic rings. The van der Waals surface area contributed by atoms with Gasteiger partial charge in [-0.15, -0.1) is 0 Å². The fourth-order valence-corrected chi connectivity index (χ4v) is 5.88. The number of Topliss-reactive ketones (excluding diaryl/α,β-unsaturated/α-hetero) is 2. The zero-order valence-corrected chi connectivity index (χ0v) is 24.4. The molecule has 4 aliphatic rings. The summed E-state index contributed by atoms with van der Waals surface area (Å²) in [4.78, 5) is 54.9. The molecule has 2 spiro atoms. The van der Waals surface area contributed by atoms with Gasteiger partial charge in [0.1, 0.15) is 33.9 Å². The molecular formula is C30H40N2O8. The van der Waals surface area contributed by atoms with Crippen molar-refractivity contribution < 1.29 is 38.1 Å². The summed E-state index contributed by atoms with van der Waals surface area (Å²) in [6.45, 7) is 12.7. The Bertz CT molecular complexity index is 1130. The summed E-state index contributed by atoms with van der Waals surface area (Å²) < 4.78 is 23.9. The van der Waals surface area contributed by atoms with Crippen molar-refractivity contribution in [1.29, 1.82) is 0 Å². The van der Waals surface area contributed by atoms with E-state index in [1.807, 2.05) is 41.5 Å². The lowest BCUT2D eigenvalue weighted by Gasteiger charge is -2.45. The number of ketones is 2. The van der Waals surface area contributed by atoms with Crippen molar-refractivity contribution in [3.8, 4) is 11.5 Å². The molecule has 218 valence electrons. The van der Waals surface area contributed by atoms with Crippen molar-refractivity contribution in [2.45, 2.75) is 102 Å². The maximum Gasteiger partial charge on any atom is 0.410 e. The molecule has 0 N–H and O–H groups in total. The quantitative estimate of drug-likeness (QED) is 0.431. The Morgan fingerprint density at radius 3 is 1.35 bits per heavy atom. The zero-order valence-electron chi connectivity index (χ0n) is 24.4. The smallest absolute Gasteiger partial charge is 0.410 e. The van der Waals surface area contributed by atoms with Crippen molar-refractivity contribution in [2.24, 2.45) is 0 Å². The standard InChI is InChI=1S/C30H40N2O8/c1-27(2,3)39-25(35)31-11-7-29(8-12-31)17-21(33)19-15-20-22(34)18-30(38-24(20)16-23(19)37-29)9-13-32(14-10-30)26(36)40-28(4,5)6/h15-16H,7-14,17-18H2,1-6H3. The predicted molar refractivity (Wildman–Crippen MR) is 145 cm³/mol. The molecule has 2 amide bonds. The summed E-state index contributed by atoms with van der Waals surface area (Å²) in [6, 6.07) is 3.30. The summed E-state index contributed by atoms with van der Waals surface area (Å²) >= 11 is 0. The maximum absolute atomic E-state index is 13.3. The van der Waals surface area contributed by atoms with Gasteiger partial charge in [0.05, 0.1) is 24.0 Å². The number of carbonyl (C=O) groups excluding carboxylic acids is 4. The number of rotatable bonds is 0. The number of likely N-dealkylation sites (tertiary alicyclic amines) is 2. The molecule has 40 heavy (non-hydrogen) atoms. The highest BCUT2D eigenvalue weighted by atomic mass is 16.6. The van der Waals surface area contributed by atoms with Gasteiger partial charge in [-0.1, -0.05) is 0 Å². The third-order valence-electron chi connectivity index (χ3n) is 7.95. The molecule has 4 heterocycles. The molecule has 1 aromatic carbocycles. The topological polar surface area (TPSA) is 112 Å². The van der Waals surface area contributed by atoms with E-state index in [4.69, 9.17) is 18.9 Å². The third kappa shape index (κ3) is 5.76. The van der Waals surface area contributed by atoms with Crippen molar-refractivity contribution >= 4 is 23.8 Å². The van der Waals surface area contributed by atoms with E-state index in [0.29, 0.717) is 74.5 Å². The SMILES string of the molecule is CC(C)(C)OC(=O)N1CCC2(CC1)CC(=O)c1cc3c(cc1O2)OC1(CCN(C(=O)OC(C)(C)C)CC1)CC3=O. The Hall–Kier alpha value is -3.30. The summed E-state index contributed by atoms with van der Waals surface area (Å²) in [5.74, 6) is 0.676. The molecule has 0 radical (unpaired) electrons. The predicted octanol–water partition coefficient (Wildman–Crippen LogP) is 5.16. The highest BCUT2D eigenvalue weighted by molar-refractivity contribution is 6.06. The van der Waals surface area contributed by atoms with Crippen LogP contribution in [0.1, 0.15) is 101 Å². The van der Waals surface area contributed by atoms with Crippen LogP contribution in [0.3, 0.4) is 0 Å². The number of hydrogen-bond donors (Lipinski definition) is 0. The molecule has 0 bridgehead atoms. The van der Waals surface area contributed by atoms with Gasteiger partial charge in [-0.2, -0.15) is 0 Å². The molecule has 10 heteroatoms. The van der Waals surface area contributed by atoms with Crippen LogP contribution in [0.2, 0.25) is 0 Å². The fourth-order valence-electron chi connectivity index (χ4n) is 5.88. The molecule has 0 aromatic heterocycles. The second kappa shape index (κ2) is 9.66. The van der Waals surface area contributed by atoms with Gasteiger partial charge in [0.15, 0.2) is 11.6 Å². The third-order valence-corrected chi connectivity index (χ3v) is 7.95. The molecule has 0 atom stereocenters. The zero-order chi connectivity index (χ0) is 29.1. The Morgan fingerprint density at radius 1 is 0.675 bits per heavy atom. The van der Waals surface area contributed by atoms with Crippen LogP contribution in [-0.2, 0) is 9.47 Å². The highest BCUT2D eigenvalue weighted by Gasteiger charge is 2.48. The largest absolute Gasteiger partial charge is 0.486 e. The van der Waals surface area contributed by atoms with E-state index in [9.17, 15) is 19.2 Å². The fraction of sp³-hybridized carbons (Fsp3) is 0.667. The average molecular weight is 557 g/mol. The summed E-state index contributed by atoms with van der Waals surface area (Å²) in [6.07, 6.45) is 1.65. The first-order chi connectivity index (χ1) is 18.6. The number of hydrogen-bond acceptors (Lipinski definition) is 8. The van der Waals surface area contributed by atoms with Gasteiger partial charge in [-0.3, -0.25) is 9.59 Å². The second-order valence-electron chi connectivity index (χ2n) is 13.5. The lowest BCUT2D eigenvalue weighted by Crippen LogP contribution is -2.53. The molecule has 0 saturated carbocycles. The van der Waals surface area contributed by atoms with E-state index in [1.54, 1.807) is 21.9 Å². The van der Waals surface area contributed by atoms with E-state index in [1.165, 1.54) is 0 Å². The summed E-state index contributed by atoms with van der Waals surface area (Å²) in [5.41, 5.74) is -1.80. The Morgan fingerprint density at radius 2 is 1.02 bits per heavy atom. The Kier molecular flexibility index (Phi) is 6.82. The van der Waals surface area contributed by atoms with Gasteiger partial charge in [0, 0.05) is 57.9 Å². The van der Waals surface area contributed by atoms with Crippen LogP contribution in [0.5, 0.6) is 11.5 Å². The maximum atomic E-state index is 13.3. The lowest BCUT2D eigenvalue weighted by atomic mass is 9.80. The number of amides is 2. The van der Waals surface area contributed by atoms with Crippen LogP contribution in [0.4, 0.5) is 9.59 Å². The van der Waals surface area contributed by atoms with E-state index in [0.717, 1.165) is 0 Å². The van der Waals surface area contributed by atoms with Crippen LogP contribution in [0, 0.1) is 0 Å². The minimum Gasteiger partial charge on any atom is -0.486 e. The van der Waals surface area contributed by atoms with Gasteiger partial charge in [0.25, 0.3) is 0 Å². The van der Waals surface area contributed by atoms with Gasteiger partial charge < -0.3 is 28.7 Å². The van der Waals surface area contributed by atoms with Crippen molar-refractivity contribution in [3.05, 3.63) is 23.3 Å². The van der Waals surface area contributed by atoms with E-state index >= 15 is 0 Å². The van der Waals surface area contributed by atoms with Gasteiger partial charge in [-0.25, -0.2) is 9.59 Å². The molecule has 2 saturated heterocycles. The van der Waals surface area contributed by atoms with Crippen LogP contribution in [0.25, 0.3) is 0 Å². The first-order valence-corrected chi connectivity index (χ1v) is 14.1. The molecule has 5 rings (SSSR count). The Balaban J connectivity index is 1.29. The number of carbonyl (C=O) groups is 4. The summed E-state index contributed by atoms with van der Waals surface area (Å²) in [5, 5.41) is 0. The first-order valence-electron chi connectivity index (χ1n) is 14.1. The number of benzene rings is 1. The number of fused-ring (bicyclic) bond motifs is 2. The number of piperidine rings is 2. The van der Waals surface area contributed by atoms with Crippen molar-refractivity contribution in [2.75, 3.05) is 26.2 Å². The minimum atomic E-state index is -0.716. The van der Waals surface area contributed by atoms with Gasteiger partial charge in [-0.05, 0) is 47.6 Å². The van der Waals surface area contributed by atoms with Crippen LogP contribution < -0.4 is 9.47 Å². The molecule has 4 aliphatic heterocycles. The van der Waals surface area contributed by atoms with Crippen molar-refractivity contribution in [3.63, 3.8) is 0 Å². The monoisotopic (exact) mass is 556 g/mol. The Labute approximate surface area is 235 Å². The number of ether oxygens (including phenoxy) is 4. The van der Waals surface area contributed by atoms with Gasteiger partial charge >= 0.3 is 12.2 Å². The van der Waals surface area contributed by atoms with Crippen molar-refractivity contribution in [1.82, 2.24) is 9.80 Å². The number of nitrogens with zero attached hydrogens (tertiary/aromatic N) is 2. The van der Waals surface area contributed by atoms with Crippen LogP contribution in [0.15, 0.2) is 12.1 Å². The average Bonchev–Trinajstić information content (AvgIpc) is 2.82. The van der Waals surface area contributed by atoms with E-state index in [2.05, 4.69) is 0 Å². The normalized spacial score (nSPS) is 21.8. The van der Waals surface area contributed by atoms with E-state index < -0.39 is 22.4 Å². The molecule has 0 unspecified atom stereocenters. The molecular weight excluding hydrogens is 516 g/mol. The first kappa shape index (κ1) is 28.2. The molecule has 0 aliphatic carbocycles. The highest BCUT2D eigenvalue weighted by Crippen LogP contribution is 2.46. The van der Waals surface area contributed by atoms with Crippen LogP contribution >= 0.6 is 0 Å². The molecule has 10 nitrogen and oxygen atoms in total. The second-order valence-corrected chi connectivity index (χ2v) is 13.5. The van der Waals surface area contributed by atoms with Gasteiger partial charge in [0.2, 0.25) is 0 Å². The van der Waals surface area contributed by atoms with E-state index in [-0.39, 0.29) is 36.6 Å².